The Morgan fingerprint density at radius 1 is 0.895 bits per heavy atom. The molecule has 98 valence electrons. The fourth-order valence-corrected chi connectivity index (χ4v) is 1.45. The summed E-state index contributed by atoms with van der Waals surface area (Å²) < 4.78 is 18.2. The van der Waals surface area contributed by atoms with E-state index in [-0.39, 0.29) is 5.82 Å². The van der Waals surface area contributed by atoms with Gasteiger partial charge in [-0.1, -0.05) is 6.92 Å². The Balaban J connectivity index is 2.00. The Bertz CT molecular complexity index is 535. The van der Waals surface area contributed by atoms with Crippen LogP contribution in [0.15, 0.2) is 58.8 Å². The van der Waals surface area contributed by atoms with Gasteiger partial charge in [0.1, 0.15) is 11.6 Å². The van der Waals surface area contributed by atoms with E-state index in [9.17, 15) is 4.39 Å². The fourth-order valence-electron chi connectivity index (χ4n) is 1.45. The van der Waals surface area contributed by atoms with Crippen LogP contribution in [0.4, 0.5) is 15.8 Å². The highest BCUT2D eigenvalue weighted by Crippen LogP contribution is 2.21. The van der Waals surface area contributed by atoms with Gasteiger partial charge in [-0.05, 0) is 55.0 Å². The van der Waals surface area contributed by atoms with Crippen LogP contribution in [0, 0.1) is 5.82 Å². The van der Waals surface area contributed by atoms with Crippen LogP contribution in [-0.2, 0) is 0 Å². The van der Waals surface area contributed by atoms with Gasteiger partial charge in [0, 0.05) is 0 Å². The first-order chi connectivity index (χ1) is 9.28. The zero-order valence-electron chi connectivity index (χ0n) is 10.7. The van der Waals surface area contributed by atoms with Gasteiger partial charge in [-0.2, -0.15) is 10.2 Å². The fraction of sp³-hybridized carbons (Fsp3) is 0.200. The first-order valence-electron chi connectivity index (χ1n) is 6.18. The van der Waals surface area contributed by atoms with Crippen molar-refractivity contribution in [2.75, 3.05) is 6.61 Å². The van der Waals surface area contributed by atoms with Crippen LogP contribution in [0.2, 0.25) is 0 Å². The van der Waals surface area contributed by atoms with E-state index in [0.29, 0.717) is 12.3 Å². The van der Waals surface area contributed by atoms with Crippen LogP contribution in [0.5, 0.6) is 5.75 Å². The number of hydrogen-bond donors (Lipinski definition) is 0. The average Bonchev–Trinajstić information content (AvgIpc) is 2.46. The summed E-state index contributed by atoms with van der Waals surface area (Å²) in [5.74, 6) is 0.541. The second-order valence-electron chi connectivity index (χ2n) is 4.02. The molecular formula is C15H15FN2O. The van der Waals surface area contributed by atoms with E-state index in [1.807, 2.05) is 24.3 Å². The second kappa shape index (κ2) is 6.64. The molecule has 0 heterocycles. The molecule has 0 amide bonds. The van der Waals surface area contributed by atoms with Crippen molar-refractivity contribution >= 4 is 11.4 Å². The minimum Gasteiger partial charge on any atom is -0.494 e. The van der Waals surface area contributed by atoms with E-state index in [1.165, 1.54) is 12.1 Å². The number of hydrogen-bond acceptors (Lipinski definition) is 3. The Labute approximate surface area is 111 Å². The first-order valence-corrected chi connectivity index (χ1v) is 6.18. The molecule has 0 saturated heterocycles. The van der Waals surface area contributed by atoms with Gasteiger partial charge in [0.25, 0.3) is 0 Å². The molecule has 3 nitrogen and oxygen atoms in total. The van der Waals surface area contributed by atoms with Crippen molar-refractivity contribution in [2.45, 2.75) is 13.3 Å². The van der Waals surface area contributed by atoms with Crippen molar-refractivity contribution in [3.05, 3.63) is 54.3 Å². The maximum absolute atomic E-state index is 12.7. The number of rotatable bonds is 5. The highest BCUT2D eigenvalue weighted by Gasteiger charge is 1.95. The minimum absolute atomic E-state index is 0.281. The molecule has 0 atom stereocenters. The number of benzene rings is 2. The lowest BCUT2D eigenvalue weighted by molar-refractivity contribution is 0.317. The maximum Gasteiger partial charge on any atom is 0.123 e. The third-order valence-electron chi connectivity index (χ3n) is 2.42. The monoisotopic (exact) mass is 258 g/mol. The van der Waals surface area contributed by atoms with Crippen LogP contribution >= 0.6 is 0 Å². The molecule has 0 aliphatic heterocycles. The predicted molar refractivity (Wildman–Crippen MR) is 72.8 cm³/mol. The summed E-state index contributed by atoms with van der Waals surface area (Å²) in [5.41, 5.74) is 1.35. The SMILES string of the molecule is CCCOc1ccc(N=Nc2ccc(F)cc2)cc1. The summed E-state index contributed by atoms with van der Waals surface area (Å²) in [6.07, 6.45) is 0.978. The Morgan fingerprint density at radius 3 is 1.95 bits per heavy atom. The lowest BCUT2D eigenvalue weighted by atomic mass is 10.3. The van der Waals surface area contributed by atoms with E-state index in [0.717, 1.165) is 17.9 Å². The summed E-state index contributed by atoms with van der Waals surface area (Å²) >= 11 is 0. The van der Waals surface area contributed by atoms with Gasteiger partial charge in [0.2, 0.25) is 0 Å². The lowest BCUT2D eigenvalue weighted by Gasteiger charge is -2.03. The Hall–Kier alpha value is -2.23. The summed E-state index contributed by atoms with van der Waals surface area (Å²) in [5, 5.41) is 8.10. The Kier molecular flexibility index (Phi) is 4.61. The minimum atomic E-state index is -0.281. The van der Waals surface area contributed by atoms with Crippen molar-refractivity contribution in [3.8, 4) is 5.75 Å². The molecule has 0 fully saturated rings. The van der Waals surface area contributed by atoms with Crippen molar-refractivity contribution in [1.82, 2.24) is 0 Å². The number of ether oxygens (including phenoxy) is 1. The standard InChI is InChI=1S/C15H15FN2O/c1-2-11-19-15-9-7-14(8-10-15)18-17-13-5-3-12(16)4-6-13/h3-10H,2,11H2,1H3. The molecule has 0 saturated carbocycles. The highest BCUT2D eigenvalue weighted by atomic mass is 19.1. The molecule has 2 aromatic rings. The van der Waals surface area contributed by atoms with Crippen molar-refractivity contribution < 1.29 is 9.13 Å². The van der Waals surface area contributed by atoms with Gasteiger partial charge in [-0.15, -0.1) is 0 Å². The summed E-state index contributed by atoms with van der Waals surface area (Å²) in [7, 11) is 0. The summed E-state index contributed by atoms with van der Waals surface area (Å²) in [4.78, 5) is 0. The number of nitrogens with zero attached hydrogens (tertiary/aromatic N) is 2. The van der Waals surface area contributed by atoms with Crippen LogP contribution in [0.1, 0.15) is 13.3 Å². The summed E-state index contributed by atoms with van der Waals surface area (Å²) in [6.45, 7) is 2.77. The molecule has 0 aliphatic rings. The largest absolute Gasteiger partial charge is 0.494 e. The molecule has 4 heteroatoms. The van der Waals surface area contributed by atoms with E-state index in [2.05, 4.69) is 17.2 Å². The van der Waals surface area contributed by atoms with Crippen LogP contribution in [0.3, 0.4) is 0 Å². The molecule has 2 rings (SSSR count). The average molecular weight is 258 g/mol. The van der Waals surface area contributed by atoms with Crippen LogP contribution in [-0.4, -0.2) is 6.61 Å². The molecule has 0 aliphatic carbocycles. The number of halogens is 1. The lowest BCUT2D eigenvalue weighted by Crippen LogP contribution is -1.93. The molecule has 0 aromatic heterocycles. The van der Waals surface area contributed by atoms with Gasteiger partial charge >= 0.3 is 0 Å². The molecular weight excluding hydrogens is 243 g/mol. The molecule has 0 unspecified atom stereocenters. The molecule has 0 bridgehead atoms. The topological polar surface area (TPSA) is 34.0 Å². The third kappa shape index (κ3) is 4.17. The normalized spacial score (nSPS) is 10.8. The van der Waals surface area contributed by atoms with Crippen LogP contribution < -0.4 is 4.74 Å². The highest BCUT2D eigenvalue weighted by molar-refractivity contribution is 5.42. The van der Waals surface area contributed by atoms with Crippen molar-refractivity contribution in [1.29, 1.82) is 0 Å². The molecule has 0 radical (unpaired) electrons. The van der Waals surface area contributed by atoms with Gasteiger partial charge in [0.05, 0.1) is 18.0 Å². The van der Waals surface area contributed by atoms with E-state index < -0.39 is 0 Å². The van der Waals surface area contributed by atoms with E-state index >= 15 is 0 Å². The van der Waals surface area contributed by atoms with E-state index in [1.54, 1.807) is 12.1 Å². The third-order valence-corrected chi connectivity index (χ3v) is 2.42. The van der Waals surface area contributed by atoms with Crippen molar-refractivity contribution in [3.63, 3.8) is 0 Å². The molecule has 2 aromatic carbocycles. The second-order valence-corrected chi connectivity index (χ2v) is 4.02. The van der Waals surface area contributed by atoms with Gasteiger partial charge < -0.3 is 4.74 Å². The van der Waals surface area contributed by atoms with Crippen molar-refractivity contribution in [2.24, 2.45) is 10.2 Å². The quantitative estimate of drug-likeness (QED) is 0.692. The van der Waals surface area contributed by atoms with Gasteiger partial charge in [0.15, 0.2) is 0 Å². The molecule has 0 N–H and O–H groups in total. The van der Waals surface area contributed by atoms with Gasteiger partial charge in [-0.3, -0.25) is 0 Å². The summed E-state index contributed by atoms with van der Waals surface area (Å²) in [6, 6.07) is 13.3. The smallest absolute Gasteiger partial charge is 0.123 e. The first kappa shape index (κ1) is 13.2. The molecule has 19 heavy (non-hydrogen) atoms. The predicted octanol–water partition coefficient (Wildman–Crippen LogP) is 5.03. The Morgan fingerprint density at radius 2 is 1.42 bits per heavy atom. The number of azo groups is 1. The van der Waals surface area contributed by atoms with E-state index in [4.69, 9.17) is 4.74 Å². The maximum atomic E-state index is 12.7. The molecule has 0 spiro atoms. The zero-order valence-corrected chi connectivity index (χ0v) is 10.7. The van der Waals surface area contributed by atoms with Gasteiger partial charge in [-0.25, -0.2) is 4.39 Å². The van der Waals surface area contributed by atoms with Crippen LogP contribution in [0.25, 0.3) is 0 Å². The zero-order chi connectivity index (χ0) is 13.5.